The van der Waals surface area contributed by atoms with Crippen LogP contribution in [0.15, 0.2) is 91.1 Å². The predicted octanol–water partition coefficient (Wildman–Crippen LogP) is 8.86. The molecule has 0 aliphatic heterocycles. The first-order chi connectivity index (χ1) is 18.8. The van der Waals surface area contributed by atoms with Crippen LogP contribution < -0.4 is 10.6 Å². The molecule has 0 bridgehead atoms. The molecule has 0 radical (unpaired) electrons. The number of aromatic nitrogens is 2. The maximum atomic E-state index is 12.6. The van der Waals surface area contributed by atoms with Crippen molar-refractivity contribution >= 4 is 69.6 Å². The van der Waals surface area contributed by atoms with Crippen molar-refractivity contribution in [3.8, 4) is 22.6 Å². The Kier molecular flexibility index (Phi) is 7.91. The molecular formula is C29H18Cl4N4O2. The average molecular weight is 596 g/mol. The van der Waals surface area contributed by atoms with Crippen molar-refractivity contribution in [1.82, 2.24) is 9.97 Å². The van der Waals surface area contributed by atoms with Gasteiger partial charge in [0.1, 0.15) is 5.82 Å². The molecule has 10 heteroatoms. The third-order valence-corrected chi connectivity index (χ3v) is 6.89. The van der Waals surface area contributed by atoms with Crippen LogP contribution in [0.5, 0.6) is 0 Å². The van der Waals surface area contributed by atoms with Gasteiger partial charge >= 0.3 is 0 Å². The molecule has 0 aliphatic carbocycles. The Labute approximate surface area is 243 Å². The van der Waals surface area contributed by atoms with Crippen LogP contribution >= 0.6 is 46.4 Å². The summed E-state index contributed by atoms with van der Waals surface area (Å²) in [6.45, 7) is 0. The number of H-pyrrole nitrogens is 1. The molecule has 1 heterocycles. The molecule has 0 spiro atoms. The Hall–Kier alpha value is -3.81. The lowest BCUT2D eigenvalue weighted by molar-refractivity contribution is 0.101. The lowest BCUT2D eigenvalue weighted by Crippen LogP contribution is -2.12. The number of nitrogens with zero attached hydrogens (tertiary/aromatic N) is 1. The fraction of sp³-hybridized carbons (Fsp3) is 0. The Morgan fingerprint density at radius 1 is 0.615 bits per heavy atom. The van der Waals surface area contributed by atoms with Gasteiger partial charge in [0, 0.05) is 27.0 Å². The molecule has 2 amide bonds. The number of halogens is 4. The highest BCUT2D eigenvalue weighted by molar-refractivity contribution is 6.37. The van der Waals surface area contributed by atoms with E-state index in [0.717, 1.165) is 16.8 Å². The molecule has 6 nitrogen and oxygen atoms in total. The normalized spacial score (nSPS) is 10.8. The van der Waals surface area contributed by atoms with Crippen LogP contribution in [0.1, 0.15) is 20.7 Å². The highest BCUT2D eigenvalue weighted by Crippen LogP contribution is 2.27. The monoisotopic (exact) mass is 594 g/mol. The van der Waals surface area contributed by atoms with Gasteiger partial charge in [0.05, 0.1) is 33.1 Å². The maximum Gasteiger partial charge on any atom is 0.257 e. The number of hydrogen-bond acceptors (Lipinski definition) is 3. The van der Waals surface area contributed by atoms with E-state index in [9.17, 15) is 9.59 Å². The number of hydrogen-bond donors (Lipinski definition) is 3. The molecule has 5 aromatic rings. The van der Waals surface area contributed by atoms with E-state index < -0.39 is 0 Å². The quantitative estimate of drug-likeness (QED) is 0.183. The van der Waals surface area contributed by atoms with Gasteiger partial charge in [-0.1, -0.05) is 58.5 Å². The predicted molar refractivity (Wildman–Crippen MR) is 158 cm³/mol. The Bertz CT molecular complexity index is 1560. The van der Waals surface area contributed by atoms with Crippen molar-refractivity contribution in [2.45, 2.75) is 0 Å². The van der Waals surface area contributed by atoms with Crippen molar-refractivity contribution in [3.63, 3.8) is 0 Å². The summed E-state index contributed by atoms with van der Waals surface area (Å²) in [6, 6.07) is 24.0. The highest BCUT2D eigenvalue weighted by Gasteiger charge is 2.13. The number of rotatable bonds is 6. The number of amides is 2. The number of benzene rings is 4. The zero-order chi connectivity index (χ0) is 27.5. The smallest absolute Gasteiger partial charge is 0.257 e. The van der Waals surface area contributed by atoms with E-state index in [1.165, 1.54) is 12.1 Å². The van der Waals surface area contributed by atoms with Crippen LogP contribution in [0.3, 0.4) is 0 Å². The van der Waals surface area contributed by atoms with E-state index in [2.05, 4.69) is 20.6 Å². The number of aromatic amines is 1. The summed E-state index contributed by atoms with van der Waals surface area (Å²) in [5, 5.41) is 7.13. The molecule has 0 atom stereocenters. The molecule has 194 valence electrons. The number of anilines is 2. The van der Waals surface area contributed by atoms with Gasteiger partial charge in [0.25, 0.3) is 11.8 Å². The summed E-state index contributed by atoms with van der Waals surface area (Å²) in [6.07, 6.45) is 1.73. The van der Waals surface area contributed by atoms with Gasteiger partial charge in [0.15, 0.2) is 0 Å². The summed E-state index contributed by atoms with van der Waals surface area (Å²) in [7, 11) is 0. The molecule has 3 N–H and O–H groups in total. The molecule has 5 rings (SSSR count). The number of carbonyl (C=O) groups excluding carboxylic acids is 2. The fourth-order valence-corrected chi connectivity index (χ4v) is 4.79. The molecule has 0 fully saturated rings. The first kappa shape index (κ1) is 26.8. The van der Waals surface area contributed by atoms with Crippen LogP contribution in [0.25, 0.3) is 22.6 Å². The van der Waals surface area contributed by atoms with E-state index >= 15 is 0 Å². The van der Waals surface area contributed by atoms with Crippen LogP contribution in [-0.2, 0) is 0 Å². The first-order valence-corrected chi connectivity index (χ1v) is 13.1. The van der Waals surface area contributed by atoms with E-state index in [4.69, 9.17) is 46.4 Å². The number of imidazole rings is 1. The van der Waals surface area contributed by atoms with Crippen molar-refractivity contribution in [3.05, 3.63) is 122 Å². The minimum Gasteiger partial charge on any atom is -0.338 e. The highest BCUT2D eigenvalue weighted by atomic mass is 35.5. The molecule has 0 saturated heterocycles. The summed E-state index contributed by atoms with van der Waals surface area (Å²) < 4.78 is 0. The molecule has 0 saturated carbocycles. The van der Waals surface area contributed by atoms with Gasteiger partial charge in [0.2, 0.25) is 0 Å². The largest absolute Gasteiger partial charge is 0.338 e. The lowest BCUT2D eigenvalue weighted by Gasteiger charge is -2.08. The van der Waals surface area contributed by atoms with Gasteiger partial charge in [-0.2, -0.15) is 0 Å². The van der Waals surface area contributed by atoms with Gasteiger partial charge in [-0.05, 0) is 78.4 Å². The van der Waals surface area contributed by atoms with Gasteiger partial charge in [-0.25, -0.2) is 4.98 Å². The average Bonchev–Trinajstić information content (AvgIpc) is 3.40. The van der Waals surface area contributed by atoms with Gasteiger partial charge in [-0.3, -0.25) is 9.59 Å². The van der Waals surface area contributed by atoms with Crippen LogP contribution in [0.2, 0.25) is 20.1 Å². The second kappa shape index (κ2) is 11.5. The zero-order valence-electron chi connectivity index (χ0n) is 19.9. The minimum absolute atomic E-state index is 0.279. The third kappa shape index (κ3) is 6.27. The Morgan fingerprint density at radius 3 is 1.54 bits per heavy atom. The molecule has 0 unspecified atom stereocenters. The van der Waals surface area contributed by atoms with E-state index in [1.54, 1.807) is 54.7 Å². The molecule has 4 aromatic carbocycles. The second-order valence-electron chi connectivity index (χ2n) is 8.46. The van der Waals surface area contributed by atoms with Gasteiger partial charge < -0.3 is 15.6 Å². The third-order valence-electron chi connectivity index (χ3n) is 5.80. The second-order valence-corrected chi connectivity index (χ2v) is 10.1. The van der Waals surface area contributed by atoms with E-state index in [1.807, 2.05) is 24.3 Å². The molecule has 1 aromatic heterocycles. The topological polar surface area (TPSA) is 86.9 Å². The maximum absolute atomic E-state index is 12.6. The Balaban J connectivity index is 1.24. The van der Waals surface area contributed by atoms with Crippen molar-refractivity contribution in [2.24, 2.45) is 0 Å². The summed E-state index contributed by atoms with van der Waals surface area (Å²) in [4.78, 5) is 32.9. The van der Waals surface area contributed by atoms with E-state index in [0.29, 0.717) is 38.4 Å². The van der Waals surface area contributed by atoms with E-state index in [-0.39, 0.29) is 21.9 Å². The SMILES string of the molecule is O=C(Nc1ccc(-c2cnc(-c3ccc(NC(=O)c4ccc(Cl)cc4Cl)cc3)[nH]2)cc1)c1ccc(Cl)cc1Cl. The molecular weight excluding hydrogens is 578 g/mol. The fourth-order valence-electron chi connectivity index (χ4n) is 3.80. The zero-order valence-corrected chi connectivity index (χ0v) is 23.0. The molecule has 0 aliphatic rings. The summed E-state index contributed by atoms with van der Waals surface area (Å²) >= 11 is 24.1. The van der Waals surface area contributed by atoms with Crippen LogP contribution in [-0.4, -0.2) is 21.8 Å². The van der Waals surface area contributed by atoms with Gasteiger partial charge in [-0.15, -0.1) is 0 Å². The minimum atomic E-state index is -0.333. The number of carbonyl (C=O) groups is 2. The number of nitrogens with one attached hydrogen (secondary N) is 3. The Morgan fingerprint density at radius 2 is 1.08 bits per heavy atom. The molecule has 39 heavy (non-hydrogen) atoms. The van der Waals surface area contributed by atoms with Crippen molar-refractivity contribution in [1.29, 1.82) is 0 Å². The lowest BCUT2D eigenvalue weighted by atomic mass is 10.1. The first-order valence-electron chi connectivity index (χ1n) is 11.6. The summed E-state index contributed by atoms with van der Waals surface area (Å²) in [5.74, 6) is 0.00289. The summed E-state index contributed by atoms with van der Waals surface area (Å²) in [5.41, 5.74) is 4.43. The standard InChI is InChI=1S/C29H18Cl4N4O2/c30-18-5-11-22(24(32)13-18)28(38)35-20-7-1-16(2-8-20)26-15-34-27(37-26)17-3-9-21(10-4-17)36-29(39)23-12-6-19(31)14-25(23)33/h1-15H,(H,34,37)(H,35,38)(H,36,39). The van der Waals surface area contributed by atoms with Crippen LogP contribution in [0, 0.1) is 0 Å². The van der Waals surface area contributed by atoms with Crippen molar-refractivity contribution < 1.29 is 9.59 Å². The van der Waals surface area contributed by atoms with Crippen LogP contribution in [0.4, 0.5) is 11.4 Å². The van der Waals surface area contributed by atoms with Crippen molar-refractivity contribution in [2.75, 3.05) is 10.6 Å².